The molecule has 0 saturated heterocycles. The van der Waals surface area contributed by atoms with Crippen LogP contribution < -0.4 is 5.32 Å². The highest BCUT2D eigenvalue weighted by atomic mass is 19.4. The summed E-state index contributed by atoms with van der Waals surface area (Å²) < 4.78 is 38.4. The van der Waals surface area contributed by atoms with Gasteiger partial charge in [-0.25, -0.2) is 9.97 Å². The maximum absolute atomic E-state index is 12.8. The quantitative estimate of drug-likeness (QED) is 0.552. The Hall–Kier alpha value is -3.23. The number of nitro groups is 1. The number of hydrogen-bond acceptors (Lipinski definition) is 5. The maximum Gasteiger partial charge on any atom is 0.416 e. The van der Waals surface area contributed by atoms with Gasteiger partial charge in [0.2, 0.25) is 0 Å². The molecule has 0 aliphatic rings. The van der Waals surface area contributed by atoms with E-state index in [4.69, 9.17) is 0 Å². The van der Waals surface area contributed by atoms with Gasteiger partial charge in [0.25, 0.3) is 5.69 Å². The molecule has 3 rings (SSSR count). The third kappa shape index (κ3) is 3.21. The van der Waals surface area contributed by atoms with Gasteiger partial charge in [-0.05, 0) is 31.2 Å². The molecule has 2 heterocycles. The van der Waals surface area contributed by atoms with Gasteiger partial charge >= 0.3 is 6.18 Å². The zero-order valence-electron chi connectivity index (χ0n) is 12.8. The van der Waals surface area contributed by atoms with E-state index < -0.39 is 16.7 Å². The molecule has 0 saturated carbocycles. The molecule has 0 aliphatic carbocycles. The van der Waals surface area contributed by atoms with Crippen molar-refractivity contribution in [2.45, 2.75) is 13.1 Å². The van der Waals surface area contributed by atoms with E-state index in [-0.39, 0.29) is 17.3 Å². The number of fused-ring (bicyclic) bond motifs is 1. The minimum Gasteiger partial charge on any atom is -0.324 e. The van der Waals surface area contributed by atoms with Crippen LogP contribution in [0.2, 0.25) is 0 Å². The Morgan fingerprint density at radius 1 is 1.08 bits per heavy atom. The maximum atomic E-state index is 12.8. The average Bonchev–Trinajstić information content (AvgIpc) is 2.54. The molecular formula is C16H11F3N4O2. The van der Waals surface area contributed by atoms with Gasteiger partial charge in [-0.15, -0.1) is 0 Å². The molecule has 2 aromatic heterocycles. The lowest BCUT2D eigenvalue weighted by Gasteiger charge is -2.11. The standard InChI is InChI=1S/C16H11F3N4O2/c1-9-2-3-12-11(14(9)23(24)25)5-7-21-15(12)22-13-8-10(4-6-20-13)16(17,18)19/h2-8H,1H3,(H,20,21,22). The normalized spacial score (nSPS) is 11.5. The summed E-state index contributed by atoms with van der Waals surface area (Å²) in [5, 5.41) is 14.7. The minimum absolute atomic E-state index is 0.0574. The summed E-state index contributed by atoms with van der Waals surface area (Å²) in [7, 11) is 0. The van der Waals surface area contributed by atoms with Crippen LogP contribution in [0.3, 0.4) is 0 Å². The van der Waals surface area contributed by atoms with Gasteiger partial charge in [0.15, 0.2) is 0 Å². The number of nitro benzene ring substituents is 1. The van der Waals surface area contributed by atoms with Crippen LogP contribution in [-0.2, 0) is 6.18 Å². The van der Waals surface area contributed by atoms with Gasteiger partial charge in [-0.3, -0.25) is 10.1 Å². The van der Waals surface area contributed by atoms with E-state index >= 15 is 0 Å². The monoisotopic (exact) mass is 348 g/mol. The van der Waals surface area contributed by atoms with Crippen molar-refractivity contribution >= 4 is 28.1 Å². The van der Waals surface area contributed by atoms with Gasteiger partial charge in [0, 0.05) is 23.3 Å². The van der Waals surface area contributed by atoms with Gasteiger partial charge in [0.05, 0.1) is 15.9 Å². The number of hydrogen-bond donors (Lipinski definition) is 1. The average molecular weight is 348 g/mol. The van der Waals surface area contributed by atoms with Crippen LogP contribution in [0.5, 0.6) is 0 Å². The van der Waals surface area contributed by atoms with Crippen molar-refractivity contribution in [3.8, 4) is 0 Å². The van der Waals surface area contributed by atoms with Crippen LogP contribution in [0.25, 0.3) is 10.8 Å². The first-order valence-corrected chi connectivity index (χ1v) is 7.10. The number of rotatable bonds is 3. The fourth-order valence-corrected chi connectivity index (χ4v) is 2.49. The number of aromatic nitrogens is 2. The lowest BCUT2D eigenvalue weighted by molar-refractivity contribution is -0.383. The topological polar surface area (TPSA) is 81.0 Å². The van der Waals surface area contributed by atoms with Gasteiger partial charge in [0.1, 0.15) is 11.6 Å². The molecule has 3 aromatic rings. The van der Waals surface area contributed by atoms with Crippen molar-refractivity contribution in [3.05, 3.63) is 64.0 Å². The molecule has 128 valence electrons. The van der Waals surface area contributed by atoms with Gasteiger partial charge in [-0.1, -0.05) is 6.07 Å². The highest BCUT2D eigenvalue weighted by molar-refractivity contribution is 5.99. The van der Waals surface area contributed by atoms with Crippen molar-refractivity contribution < 1.29 is 18.1 Å². The molecule has 1 aromatic carbocycles. The number of nitrogens with zero attached hydrogens (tertiary/aromatic N) is 3. The van der Waals surface area contributed by atoms with E-state index in [9.17, 15) is 23.3 Å². The summed E-state index contributed by atoms with van der Waals surface area (Å²) in [4.78, 5) is 18.7. The van der Waals surface area contributed by atoms with E-state index in [2.05, 4.69) is 15.3 Å². The smallest absolute Gasteiger partial charge is 0.324 e. The number of aryl methyl sites for hydroxylation is 1. The molecule has 0 unspecified atom stereocenters. The van der Waals surface area contributed by atoms with Crippen molar-refractivity contribution in [2.75, 3.05) is 5.32 Å². The molecule has 25 heavy (non-hydrogen) atoms. The third-order valence-electron chi connectivity index (χ3n) is 3.64. The number of pyridine rings is 2. The highest BCUT2D eigenvalue weighted by Gasteiger charge is 2.30. The number of halogens is 3. The SMILES string of the molecule is Cc1ccc2c(Nc3cc(C(F)(F)F)ccn3)nccc2c1[N+](=O)[O-]. The Labute approximate surface area is 139 Å². The van der Waals surface area contributed by atoms with Crippen molar-refractivity contribution in [3.63, 3.8) is 0 Å². The molecule has 6 nitrogen and oxygen atoms in total. The van der Waals surface area contributed by atoms with Crippen LogP contribution in [0.1, 0.15) is 11.1 Å². The molecule has 9 heteroatoms. The molecule has 0 amide bonds. The molecule has 0 spiro atoms. The summed E-state index contributed by atoms with van der Waals surface area (Å²) >= 11 is 0. The molecule has 0 bridgehead atoms. The summed E-state index contributed by atoms with van der Waals surface area (Å²) in [5.41, 5.74) is -0.446. The Bertz CT molecular complexity index is 973. The largest absolute Gasteiger partial charge is 0.416 e. The second-order valence-corrected chi connectivity index (χ2v) is 5.30. The highest BCUT2D eigenvalue weighted by Crippen LogP contribution is 2.34. The van der Waals surface area contributed by atoms with Crippen LogP contribution in [0.15, 0.2) is 42.7 Å². The Morgan fingerprint density at radius 2 is 1.80 bits per heavy atom. The van der Waals surface area contributed by atoms with Crippen molar-refractivity contribution in [2.24, 2.45) is 0 Å². The Balaban J connectivity index is 2.09. The van der Waals surface area contributed by atoms with Crippen LogP contribution in [0, 0.1) is 17.0 Å². The van der Waals surface area contributed by atoms with Gasteiger partial charge < -0.3 is 5.32 Å². The van der Waals surface area contributed by atoms with Crippen molar-refractivity contribution in [1.29, 1.82) is 0 Å². The predicted octanol–water partition coefficient (Wildman–Crippen LogP) is 4.61. The second-order valence-electron chi connectivity index (χ2n) is 5.30. The summed E-state index contributed by atoms with van der Waals surface area (Å²) in [6.45, 7) is 1.61. The molecule has 1 N–H and O–H groups in total. The van der Waals surface area contributed by atoms with E-state index in [1.165, 1.54) is 12.3 Å². The molecule has 0 aliphatic heterocycles. The summed E-state index contributed by atoms with van der Waals surface area (Å²) in [6.07, 6.45) is -2.12. The zero-order chi connectivity index (χ0) is 18.2. The molecule has 0 radical (unpaired) electrons. The number of anilines is 2. The van der Waals surface area contributed by atoms with E-state index in [0.717, 1.165) is 18.3 Å². The van der Waals surface area contributed by atoms with E-state index in [1.807, 2.05) is 0 Å². The number of benzene rings is 1. The predicted molar refractivity (Wildman–Crippen MR) is 85.7 cm³/mol. The molecular weight excluding hydrogens is 337 g/mol. The Morgan fingerprint density at radius 3 is 2.48 bits per heavy atom. The van der Waals surface area contributed by atoms with Crippen molar-refractivity contribution in [1.82, 2.24) is 9.97 Å². The number of nitrogens with one attached hydrogen (secondary N) is 1. The van der Waals surface area contributed by atoms with Crippen LogP contribution in [-0.4, -0.2) is 14.9 Å². The molecule has 0 atom stereocenters. The first-order chi connectivity index (χ1) is 11.8. The summed E-state index contributed by atoms with van der Waals surface area (Å²) in [6, 6.07) is 6.39. The van der Waals surface area contributed by atoms with Gasteiger partial charge in [-0.2, -0.15) is 13.2 Å². The Kier molecular flexibility index (Phi) is 3.99. The number of alkyl halides is 3. The summed E-state index contributed by atoms with van der Waals surface area (Å²) in [5.74, 6) is 0.130. The molecule has 0 fully saturated rings. The zero-order valence-corrected chi connectivity index (χ0v) is 12.8. The minimum atomic E-state index is -4.50. The van der Waals surface area contributed by atoms with E-state index in [1.54, 1.807) is 19.1 Å². The van der Waals surface area contributed by atoms with E-state index in [0.29, 0.717) is 16.3 Å². The second kappa shape index (κ2) is 6.00. The lowest BCUT2D eigenvalue weighted by atomic mass is 10.1. The fourth-order valence-electron chi connectivity index (χ4n) is 2.49. The fraction of sp³-hybridized carbons (Fsp3) is 0.125. The first kappa shape index (κ1) is 16.6. The lowest BCUT2D eigenvalue weighted by Crippen LogP contribution is -2.06. The van der Waals surface area contributed by atoms with Crippen LogP contribution in [0.4, 0.5) is 30.5 Å². The van der Waals surface area contributed by atoms with Crippen LogP contribution >= 0.6 is 0 Å². The third-order valence-corrected chi connectivity index (χ3v) is 3.64. The first-order valence-electron chi connectivity index (χ1n) is 7.10.